The van der Waals surface area contributed by atoms with Gasteiger partial charge in [-0.1, -0.05) is 12.1 Å². The Hall–Kier alpha value is -3.46. The van der Waals surface area contributed by atoms with Crippen molar-refractivity contribution in [2.45, 2.75) is 6.54 Å². The number of fused-ring (bicyclic) bond motifs is 1. The second-order valence-corrected chi connectivity index (χ2v) is 6.63. The van der Waals surface area contributed by atoms with Crippen LogP contribution in [0, 0.1) is 0 Å². The molecular formula is C17H14N6O2S. The normalized spacial score (nSPS) is 10.9. The summed E-state index contributed by atoms with van der Waals surface area (Å²) in [7, 11) is 0. The third-order valence-electron chi connectivity index (χ3n) is 3.78. The van der Waals surface area contributed by atoms with E-state index < -0.39 is 0 Å². The van der Waals surface area contributed by atoms with Crippen LogP contribution in [0.3, 0.4) is 0 Å². The molecule has 8 nitrogen and oxygen atoms in total. The minimum atomic E-state index is -0.268. The lowest BCUT2D eigenvalue weighted by atomic mass is 10.1. The molecule has 3 aromatic heterocycles. The number of hydrogen-bond donors (Lipinski definition) is 4. The third kappa shape index (κ3) is 3.07. The Morgan fingerprint density at radius 2 is 2.19 bits per heavy atom. The lowest BCUT2D eigenvalue weighted by Gasteiger charge is -2.05. The number of carbonyl (C=O) groups is 1. The van der Waals surface area contributed by atoms with Crippen LogP contribution in [0.15, 0.2) is 47.5 Å². The number of nitrogens with two attached hydrogens (primary N) is 1. The van der Waals surface area contributed by atoms with E-state index in [-0.39, 0.29) is 17.4 Å². The van der Waals surface area contributed by atoms with Gasteiger partial charge in [0.25, 0.3) is 11.5 Å². The summed E-state index contributed by atoms with van der Waals surface area (Å²) in [6.07, 6.45) is 3.33. The van der Waals surface area contributed by atoms with Gasteiger partial charge in [0.2, 0.25) is 5.95 Å². The van der Waals surface area contributed by atoms with Crippen LogP contribution in [0.1, 0.15) is 16.2 Å². The number of nitrogen functional groups attached to an aromatic ring is 1. The maximum Gasteiger partial charge on any atom is 0.270 e. The van der Waals surface area contributed by atoms with Crippen molar-refractivity contribution in [2.24, 2.45) is 0 Å². The first-order chi connectivity index (χ1) is 12.6. The lowest BCUT2D eigenvalue weighted by molar-refractivity contribution is 0.0950. The van der Waals surface area contributed by atoms with Crippen molar-refractivity contribution in [1.29, 1.82) is 0 Å². The molecule has 9 heteroatoms. The molecule has 1 aromatic carbocycles. The minimum Gasteiger partial charge on any atom is -0.369 e. The molecule has 0 bridgehead atoms. The number of H-pyrrole nitrogens is 2. The van der Waals surface area contributed by atoms with E-state index in [9.17, 15) is 9.59 Å². The van der Waals surface area contributed by atoms with Crippen molar-refractivity contribution in [3.63, 3.8) is 0 Å². The topological polar surface area (TPSA) is 130 Å². The molecule has 0 saturated carbocycles. The molecule has 0 unspecified atom stereocenters. The predicted molar refractivity (Wildman–Crippen MR) is 99.8 cm³/mol. The maximum atomic E-state index is 12.4. The van der Waals surface area contributed by atoms with Crippen molar-refractivity contribution in [3.05, 3.63) is 64.5 Å². The minimum absolute atomic E-state index is 0.0814. The van der Waals surface area contributed by atoms with E-state index in [0.29, 0.717) is 28.1 Å². The molecule has 0 fully saturated rings. The first-order valence-corrected chi connectivity index (χ1v) is 8.58. The molecule has 130 valence electrons. The number of rotatable bonds is 4. The standard InChI is InChI=1S/C17H14N6O2S/c18-17-22-11-7-12(26-14(11)16(25)23-17)9-2-1-3-10(6-9)15(24)21-8-13-19-4-5-20-13/h1-7H,8H2,(H,19,20)(H,21,24)(H3,18,22,23,25). The highest BCUT2D eigenvalue weighted by molar-refractivity contribution is 7.22. The van der Waals surface area contributed by atoms with Crippen LogP contribution in [-0.2, 0) is 6.54 Å². The third-order valence-corrected chi connectivity index (χ3v) is 4.95. The van der Waals surface area contributed by atoms with Gasteiger partial charge in [0.1, 0.15) is 10.5 Å². The molecule has 0 atom stereocenters. The Labute approximate surface area is 151 Å². The molecule has 0 saturated heterocycles. The number of benzene rings is 1. The Kier molecular flexibility index (Phi) is 3.98. The van der Waals surface area contributed by atoms with Gasteiger partial charge in [-0.3, -0.25) is 14.6 Å². The van der Waals surface area contributed by atoms with Crippen LogP contribution >= 0.6 is 11.3 Å². The van der Waals surface area contributed by atoms with E-state index in [1.807, 2.05) is 6.07 Å². The average molecular weight is 366 g/mol. The molecule has 0 radical (unpaired) electrons. The average Bonchev–Trinajstić information content (AvgIpc) is 3.29. The fraction of sp³-hybridized carbons (Fsp3) is 0.0588. The quantitative estimate of drug-likeness (QED) is 0.438. The van der Waals surface area contributed by atoms with Crippen molar-refractivity contribution < 1.29 is 4.79 Å². The molecule has 26 heavy (non-hydrogen) atoms. The molecule has 1 amide bonds. The molecule has 0 aliphatic rings. The zero-order valence-electron chi connectivity index (χ0n) is 13.4. The Bertz CT molecular complexity index is 1150. The van der Waals surface area contributed by atoms with E-state index in [0.717, 1.165) is 10.4 Å². The highest BCUT2D eigenvalue weighted by Gasteiger charge is 2.12. The van der Waals surface area contributed by atoms with Gasteiger partial charge in [0.15, 0.2) is 0 Å². The molecular weight excluding hydrogens is 352 g/mol. The second kappa shape index (κ2) is 6.45. The summed E-state index contributed by atoms with van der Waals surface area (Å²) < 4.78 is 0.502. The number of thiophene rings is 1. The molecule has 4 rings (SSSR count). The number of aromatic amines is 2. The second-order valence-electron chi connectivity index (χ2n) is 5.58. The summed E-state index contributed by atoms with van der Waals surface area (Å²) in [4.78, 5) is 38.8. The summed E-state index contributed by atoms with van der Waals surface area (Å²) in [6.45, 7) is 0.317. The van der Waals surface area contributed by atoms with E-state index >= 15 is 0 Å². The lowest BCUT2D eigenvalue weighted by Crippen LogP contribution is -2.23. The summed E-state index contributed by atoms with van der Waals surface area (Å²) >= 11 is 1.31. The van der Waals surface area contributed by atoms with Gasteiger partial charge in [-0.25, -0.2) is 9.97 Å². The summed E-state index contributed by atoms with van der Waals surface area (Å²) in [5, 5.41) is 2.81. The highest BCUT2D eigenvalue weighted by Crippen LogP contribution is 2.31. The number of aromatic nitrogens is 4. The molecule has 0 aliphatic heterocycles. The van der Waals surface area contributed by atoms with Gasteiger partial charge >= 0.3 is 0 Å². The van der Waals surface area contributed by atoms with E-state index in [4.69, 9.17) is 5.73 Å². The van der Waals surface area contributed by atoms with Crippen LogP contribution in [0.5, 0.6) is 0 Å². The van der Waals surface area contributed by atoms with Gasteiger partial charge in [0, 0.05) is 22.8 Å². The zero-order chi connectivity index (χ0) is 18.1. The van der Waals surface area contributed by atoms with Crippen molar-refractivity contribution in [3.8, 4) is 10.4 Å². The zero-order valence-corrected chi connectivity index (χ0v) is 14.3. The van der Waals surface area contributed by atoms with Crippen LogP contribution in [-0.4, -0.2) is 25.8 Å². The van der Waals surface area contributed by atoms with E-state index in [2.05, 4.69) is 25.3 Å². The fourth-order valence-corrected chi connectivity index (χ4v) is 3.56. The Morgan fingerprint density at radius 3 is 3.00 bits per heavy atom. The molecule has 0 aliphatic carbocycles. The first-order valence-electron chi connectivity index (χ1n) is 7.76. The van der Waals surface area contributed by atoms with Gasteiger partial charge in [-0.15, -0.1) is 11.3 Å². The van der Waals surface area contributed by atoms with E-state index in [1.165, 1.54) is 11.3 Å². The van der Waals surface area contributed by atoms with Crippen LogP contribution < -0.4 is 16.6 Å². The number of hydrogen-bond acceptors (Lipinski definition) is 6. The number of carbonyl (C=O) groups excluding carboxylic acids is 1. The molecule has 3 heterocycles. The first kappa shape index (κ1) is 16.0. The fourth-order valence-electron chi connectivity index (χ4n) is 2.57. The molecule has 4 aromatic rings. The maximum absolute atomic E-state index is 12.4. The number of nitrogens with zero attached hydrogens (tertiary/aromatic N) is 2. The predicted octanol–water partition coefficient (Wildman–Crippen LogP) is 1.89. The Balaban J connectivity index is 1.62. The number of amides is 1. The van der Waals surface area contributed by atoms with Crippen molar-refractivity contribution in [1.82, 2.24) is 25.3 Å². The van der Waals surface area contributed by atoms with Crippen molar-refractivity contribution in [2.75, 3.05) is 5.73 Å². The van der Waals surface area contributed by atoms with Crippen LogP contribution in [0.25, 0.3) is 20.7 Å². The van der Waals surface area contributed by atoms with Crippen molar-refractivity contribution >= 4 is 33.4 Å². The summed E-state index contributed by atoms with van der Waals surface area (Å²) in [6, 6.07) is 8.99. The monoisotopic (exact) mass is 366 g/mol. The number of nitrogens with one attached hydrogen (secondary N) is 3. The SMILES string of the molecule is Nc1nc2cc(-c3cccc(C(=O)NCc4ncc[nH]4)c3)sc2c(=O)[nH]1. The van der Waals surface area contributed by atoms with Gasteiger partial charge < -0.3 is 16.0 Å². The van der Waals surface area contributed by atoms with Gasteiger partial charge in [-0.2, -0.15) is 0 Å². The summed E-state index contributed by atoms with van der Waals surface area (Å²) in [5.74, 6) is 0.560. The Morgan fingerprint density at radius 1 is 1.31 bits per heavy atom. The summed E-state index contributed by atoms with van der Waals surface area (Å²) in [5.41, 5.74) is 7.21. The van der Waals surface area contributed by atoms with Crippen LogP contribution in [0.2, 0.25) is 0 Å². The largest absolute Gasteiger partial charge is 0.369 e. The highest BCUT2D eigenvalue weighted by atomic mass is 32.1. The number of imidazole rings is 1. The molecule has 5 N–H and O–H groups in total. The van der Waals surface area contributed by atoms with Crippen LogP contribution in [0.4, 0.5) is 5.95 Å². The number of anilines is 1. The molecule has 0 spiro atoms. The van der Waals surface area contributed by atoms with E-state index in [1.54, 1.807) is 36.7 Å². The van der Waals surface area contributed by atoms with Gasteiger partial charge in [-0.05, 0) is 23.8 Å². The smallest absolute Gasteiger partial charge is 0.270 e. The van der Waals surface area contributed by atoms with Gasteiger partial charge in [0.05, 0.1) is 12.1 Å².